The second kappa shape index (κ2) is 14.8. The van der Waals surface area contributed by atoms with Crippen molar-refractivity contribution in [1.29, 1.82) is 0 Å². The van der Waals surface area contributed by atoms with Crippen LogP contribution in [0.15, 0.2) is 0 Å². The summed E-state index contributed by atoms with van der Waals surface area (Å²) in [6, 6.07) is 0.238. The van der Waals surface area contributed by atoms with Gasteiger partial charge in [-0.2, -0.15) is 0 Å². The van der Waals surface area contributed by atoms with Crippen molar-refractivity contribution >= 4 is 5.91 Å². The Morgan fingerprint density at radius 2 is 1.35 bits per heavy atom. The van der Waals surface area contributed by atoms with Gasteiger partial charge in [0.25, 0.3) is 0 Å². The molecule has 20 heavy (non-hydrogen) atoms. The molecule has 0 aromatic carbocycles. The maximum Gasteiger partial charge on any atom is 0.234 e. The Morgan fingerprint density at radius 3 is 1.85 bits per heavy atom. The third kappa shape index (κ3) is 15.5. The molecule has 0 rings (SSSR count). The lowest BCUT2D eigenvalue weighted by Gasteiger charge is -2.09. The van der Waals surface area contributed by atoms with Gasteiger partial charge in [0.05, 0.1) is 6.54 Å². The predicted molar refractivity (Wildman–Crippen MR) is 88.0 cm³/mol. The summed E-state index contributed by atoms with van der Waals surface area (Å²) in [5.41, 5.74) is 0. The maximum atomic E-state index is 11.4. The van der Waals surface area contributed by atoms with Crippen LogP contribution >= 0.6 is 0 Å². The third-order valence-corrected chi connectivity index (χ3v) is 3.44. The average molecular weight is 284 g/mol. The van der Waals surface area contributed by atoms with Crippen molar-refractivity contribution in [3.8, 4) is 0 Å². The monoisotopic (exact) mass is 284 g/mol. The molecule has 0 fully saturated rings. The quantitative estimate of drug-likeness (QED) is 0.473. The van der Waals surface area contributed by atoms with Crippen LogP contribution in [0.4, 0.5) is 0 Å². The molecule has 0 saturated carbocycles. The first-order valence-electron chi connectivity index (χ1n) is 8.67. The van der Waals surface area contributed by atoms with E-state index in [1.54, 1.807) is 0 Å². The first-order chi connectivity index (χ1) is 9.66. The van der Waals surface area contributed by atoms with Gasteiger partial charge >= 0.3 is 0 Å². The van der Waals surface area contributed by atoms with Gasteiger partial charge in [0.1, 0.15) is 0 Å². The van der Waals surface area contributed by atoms with E-state index in [9.17, 15) is 4.79 Å². The first-order valence-corrected chi connectivity index (χ1v) is 8.67. The summed E-state index contributed by atoms with van der Waals surface area (Å²) in [5.74, 6) is 0.104. The summed E-state index contributed by atoms with van der Waals surface area (Å²) >= 11 is 0. The zero-order valence-electron chi connectivity index (χ0n) is 14.0. The minimum atomic E-state index is 0.104. The average Bonchev–Trinajstić information content (AvgIpc) is 2.39. The fourth-order valence-corrected chi connectivity index (χ4v) is 2.31. The highest BCUT2D eigenvalue weighted by Crippen LogP contribution is 2.10. The lowest BCUT2D eigenvalue weighted by molar-refractivity contribution is -0.120. The van der Waals surface area contributed by atoms with E-state index in [1.807, 2.05) is 13.8 Å². The van der Waals surface area contributed by atoms with E-state index >= 15 is 0 Å². The largest absolute Gasteiger partial charge is 0.353 e. The molecular formula is C17H36N2O. The number of nitrogens with one attached hydrogen (secondary N) is 2. The number of amides is 1. The number of rotatable bonds is 14. The Hall–Kier alpha value is -0.570. The van der Waals surface area contributed by atoms with Crippen molar-refractivity contribution in [1.82, 2.24) is 10.6 Å². The molecule has 0 radical (unpaired) electrons. The van der Waals surface area contributed by atoms with Crippen LogP contribution in [0.3, 0.4) is 0 Å². The van der Waals surface area contributed by atoms with Crippen LogP contribution in [-0.4, -0.2) is 25.0 Å². The van der Waals surface area contributed by atoms with Gasteiger partial charge in [0.2, 0.25) is 5.91 Å². The molecule has 0 spiro atoms. The third-order valence-electron chi connectivity index (χ3n) is 3.44. The molecule has 0 heterocycles. The molecule has 3 nitrogen and oxygen atoms in total. The Morgan fingerprint density at radius 1 is 0.850 bits per heavy atom. The van der Waals surface area contributed by atoms with Crippen molar-refractivity contribution in [3.63, 3.8) is 0 Å². The lowest BCUT2D eigenvalue weighted by atomic mass is 10.1. The van der Waals surface area contributed by atoms with Crippen molar-refractivity contribution in [2.45, 2.75) is 91.0 Å². The molecule has 0 aromatic rings. The topological polar surface area (TPSA) is 41.1 Å². The Kier molecular flexibility index (Phi) is 14.4. The Balaban J connectivity index is 3.08. The summed E-state index contributed by atoms with van der Waals surface area (Å²) in [4.78, 5) is 11.4. The minimum absolute atomic E-state index is 0.104. The van der Waals surface area contributed by atoms with E-state index in [2.05, 4.69) is 17.6 Å². The van der Waals surface area contributed by atoms with Crippen LogP contribution in [0, 0.1) is 0 Å². The van der Waals surface area contributed by atoms with Gasteiger partial charge < -0.3 is 10.6 Å². The van der Waals surface area contributed by atoms with E-state index in [4.69, 9.17) is 0 Å². The molecule has 0 aromatic heterocycles. The summed E-state index contributed by atoms with van der Waals surface area (Å²) in [5, 5.41) is 6.08. The second-order valence-electron chi connectivity index (χ2n) is 6.08. The molecule has 0 unspecified atom stereocenters. The summed E-state index contributed by atoms with van der Waals surface area (Å²) in [6.07, 6.45) is 13.6. The second-order valence-corrected chi connectivity index (χ2v) is 6.08. The zero-order chi connectivity index (χ0) is 15.1. The van der Waals surface area contributed by atoms with Crippen LogP contribution in [0.5, 0.6) is 0 Å². The molecular weight excluding hydrogens is 248 g/mol. The normalized spacial score (nSPS) is 11.0. The highest BCUT2D eigenvalue weighted by Gasteiger charge is 2.01. The molecule has 0 aliphatic carbocycles. The van der Waals surface area contributed by atoms with Gasteiger partial charge in [0, 0.05) is 6.04 Å². The van der Waals surface area contributed by atoms with Gasteiger partial charge in [-0.15, -0.1) is 0 Å². The van der Waals surface area contributed by atoms with Gasteiger partial charge in [0.15, 0.2) is 0 Å². The standard InChI is InChI=1S/C17H36N2O/c1-4-5-6-7-8-9-10-11-12-13-14-18-15-17(20)19-16(2)3/h16,18H,4-15H2,1-3H3,(H,19,20). The first kappa shape index (κ1) is 19.4. The molecule has 0 bridgehead atoms. The van der Waals surface area contributed by atoms with Gasteiger partial charge in [-0.3, -0.25) is 4.79 Å². The van der Waals surface area contributed by atoms with E-state index in [-0.39, 0.29) is 11.9 Å². The fraction of sp³-hybridized carbons (Fsp3) is 0.941. The van der Waals surface area contributed by atoms with E-state index < -0.39 is 0 Å². The number of hydrogen-bond acceptors (Lipinski definition) is 2. The number of unbranched alkanes of at least 4 members (excludes halogenated alkanes) is 9. The number of carbonyl (C=O) groups excluding carboxylic acids is 1. The summed E-state index contributed by atoms with van der Waals surface area (Å²) in [6.45, 7) is 7.65. The molecule has 0 atom stereocenters. The van der Waals surface area contributed by atoms with Crippen molar-refractivity contribution < 1.29 is 4.79 Å². The summed E-state index contributed by atoms with van der Waals surface area (Å²) < 4.78 is 0. The highest BCUT2D eigenvalue weighted by molar-refractivity contribution is 5.78. The summed E-state index contributed by atoms with van der Waals surface area (Å²) in [7, 11) is 0. The number of carbonyl (C=O) groups is 1. The van der Waals surface area contributed by atoms with Gasteiger partial charge in [-0.1, -0.05) is 64.7 Å². The molecule has 1 amide bonds. The maximum absolute atomic E-state index is 11.4. The molecule has 3 heteroatoms. The molecule has 0 aliphatic rings. The van der Waals surface area contributed by atoms with Crippen LogP contribution in [0.1, 0.15) is 85.0 Å². The minimum Gasteiger partial charge on any atom is -0.353 e. The molecule has 0 aliphatic heterocycles. The lowest BCUT2D eigenvalue weighted by Crippen LogP contribution is -2.37. The zero-order valence-corrected chi connectivity index (χ0v) is 14.0. The molecule has 0 saturated heterocycles. The number of hydrogen-bond donors (Lipinski definition) is 2. The van der Waals surface area contributed by atoms with Gasteiger partial charge in [-0.05, 0) is 26.8 Å². The van der Waals surface area contributed by atoms with E-state index in [0.29, 0.717) is 6.54 Å². The Labute approximate surface area is 126 Å². The van der Waals surface area contributed by atoms with Crippen molar-refractivity contribution in [2.24, 2.45) is 0 Å². The highest BCUT2D eigenvalue weighted by atomic mass is 16.1. The van der Waals surface area contributed by atoms with Crippen LogP contribution in [-0.2, 0) is 4.79 Å². The molecule has 2 N–H and O–H groups in total. The van der Waals surface area contributed by atoms with E-state index in [0.717, 1.165) is 6.54 Å². The SMILES string of the molecule is CCCCCCCCCCCCNCC(=O)NC(C)C. The Bertz CT molecular complexity index is 217. The van der Waals surface area contributed by atoms with Crippen molar-refractivity contribution in [3.05, 3.63) is 0 Å². The van der Waals surface area contributed by atoms with Crippen molar-refractivity contribution in [2.75, 3.05) is 13.1 Å². The van der Waals surface area contributed by atoms with E-state index in [1.165, 1.54) is 64.2 Å². The predicted octanol–water partition coefficient (Wildman–Crippen LogP) is 4.02. The smallest absolute Gasteiger partial charge is 0.234 e. The molecule has 120 valence electrons. The van der Waals surface area contributed by atoms with Crippen LogP contribution < -0.4 is 10.6 Å². The van der Waals surface area contributed by atoms with Crippen LogP contribution in [0.25, 0.3) is 0 Å². The fourth-order valence-electron chi connectivity index (χ4n) is 2.31. The van der Waals surface area contributed by atoms with Gasteiger partial charge in [-0.25, -0.2) is 0 Å². The van der Waals surface area contributed by atoms with Crippen LogP contribution in [0.2, 0.25) is 0 Å².